The van der Waals surface area contributed by atoms with E-state index in [-0.39, 0.29) is 0 Å². The average molecular weight is 197 g/mol. The van der Waals surface area contributed by atoms with E-state index in [4.69, 9.17) is 4.74 Å². The van der Waals surface area contributed by atoms with Crippen molar-refractivity contribution in [3.63, 3.8) is 0 Å². The Morgan fingerprint density at radius 1 is 1.07 bits per heavy atom. The van der Waals surface area contributed by atoms with E-state index in [2.05, 4.69) is 11.6 Å². The molecule has 15 heavy (non-hydrogen) atoms. The number of hydrogen-bond acceptors (Lipinski definition) is 2. The van der Waals surface area contributed by atoms with Gasteiger partial charge in [0.1, 0.15) is 5.75 Å². The zero-order chi connectivity index (χ0) is 10.5. The fraction of sp³-hybridized carbons (Fsp3) is 0. The van der Waals surface area contributed by atoms with Crippen molar-refractivity contribution >= 4 is 0 Å². The van der Waals surface area contributed by atoms with Gasteiger partial charge in [-0.25, -0.2) is 0 Å². The topological polar surface area (TPSA) is 22.1 Å². The lowest BCUT2D eigenvalue weighted by atomic mass is 10.1. The largest absolute Gasteiger partial charge is 0.466 e. The first kappa shape index (κ1) is 9.46. The Bertz CT molecular complexity index is 434. The first-order valence-corrected chi connectivity index (χ1v) is 4.69. The van der Waals surface area contributed by atoms with Gasteiger partial charge in [-0.15, -0.1) is 0 Å². The van der Waals surface area contributed by atoms with Gasteiger partial charge < -0.3 is 4.74 Å². The highest BCUT2D eigenvalue weighted by Gasteiger charge is 1.97. The summed E-state index contributed by atoms with van der Waals surface area (Å²) in [7, 11) is 0. The number of nitrogens with zero attached hydrogens (tertiary/aromatic N) is 1. The normalized spacial score (nSPS) is 9.60. The smallest absolute Gasteiger partial charge is 0.126 e. The lowest BCUT2D eigenvalue weighted by Gasteiger charge is -2.02. The fourth-order valence-electron chi connectivity index (χ4n) is 1.33. The number of rotatable bonds is 3. The highest BCUT2D eigenvalue weighted by molar-refractivity contribution is 5.59. The maximum absolute atomic E-state index is 5.14. The van der Waals surface area contributed by atoms with Gasteiger partial charge in [0, 0.05) is 11.8 Å². The Morgan fingerprint density at radius 3 is 2.47 bits per heavy atom. The SMILES string of the molecule is C=COc1ccc(-c2ccccn2)cc1. The predicted molar refractivity (Wildman–Crippen MR) is 60.5 cm³/mol. The molecule has 0 amide bonds. The van der Waals surface area contributed by atoms with Gasteiger partial charge in [0.25, 0.3) is 0 Å². The second-order valence-electron chi connectivity index (χ2n) is 3.02. The molecule has 1 heterocycles. The summed E-state index contributed by atoms with van der Waals surface area (Å²) in [6.45, 7) is 3.50. The van der Waals surface area contributed by atoms with Crippen LogP contribution in [0.2, 0.25) is 0 Å². The van der Waals surface area contributed by atoms with Crippen LogP contribution in [0.15, 0.2) is 61.5 Å². The van der Waals surface area contributed by atoms with Crippen LogP contribution in [-0.2, 0) is 0 Å². The van der Waals surface area contributed by atoms with Crippen LogP contribution in [0.25, 0.3) is 11.3 Å². The van der Waals surface area contributed by atoms with E-state index in [9.17, 15) is 0 Å². The van der Waals surface area contributed by atoms with Crippen LogP contribution in [0, 0.1) is 0 Å². The third-order valence-corrected chi connectivity index (χ3v) is 2.03. The van der Waals surface area contributed by atoms with Crippen LogP contribution in [0.1, 0.15) is 0 Å². The molecule has 1 aromatic heterocycles. The number of benzene rings is 1. The molecule has 0 atom stereocenters. The standard InChI is InChI=1S/C13H11NO/c1-2-15-12-8-6-11(7-9-12)13-5-3-4-10-14-13/h2-10H,1H2. The van der Waals surface area contributed by atoms with Crippen LogP contribution < -0.4 is 4.74 Å². The maximum Gasteiger partial charge on any atom is 0.126 e. The minimum Gasteiger partial charge on any atom is -0.466 e. The molecule has 74 valence electrons. The average Bonchev–Trinajstić information content (AvgIpc) is 2.32. The van der Waals surface area contributed by atoms with Crippen molar-refractivity contribution in [1.29, 1.82) is 0 Å². The Balaban J connectivity index is 2.28. The van der Waals surface area contributed by atoms with E-state index in [1.807, 2.05) is 42.5 Å². The van der Waals surface area contributed by atoms with Crippen molar-refractivity contribution in [3.8, 4) is 17.0 Å². The van der Waals surface area contributed by atoms with Crippen molar-refractivity contribution < 1.29 is 4.74 Å². The molecule has 0 unspecified atom stereocenters. The molecule has 0 aliphatic heterocycles. The molecular formula is C13H11NO. The van der Waals surface area contributed by atoms with E-state index in [1.165, 1.54) is 6.26 Å². The second-order valence-corrected chi connectivity index (χ2v) is 3.02. The molecule has 2 nitrogen and oxygen atoms in total. The first-order chi connectivity index (χ1) is 7.40. The van der Waals surface area contributed by atoms with E-state index >= 15 is 0 Å². The molecule has 0 saturated carbocycles. The summed E-state index contributed by atoms with van der Waals surface area (Å²) in [6.07, 6.45) is 3.19. The molecule has 0 bridgehead atoms. The Labute approximate surface area is 88.9 Å². The number of aromatic nitrogens is 1. The molecule has 0 fully saturated rings. The molecule has 2 rings (SSSR count). The number of pyridine rings is 1. The van der Waals surface area contributed by atoms with Crippen molar-refractivity contribution in [2.24, 2.45) is 0 Å². The summed E-state index contributed by atoms with van der Waals surface area (Å²) in [6, 6.07) is 13.6. The molecule has 0 radical (unpaired) electrons. The van der Waals surface area contributed by atoms with E-state index in [0.29, 0.717) is 0 Å². The van der Waals surface area contributed by atoms with Crippen molar-refractivity contribution in [1.82, 2.24) is 4.98 Å². The third-order valence-electron chi connectivity index (χ3n) is 2.03. The molecule has 0 aliphatic carbocycles. The number of ether oxygens (including phenoxy) is 1. The van der Waals surface area contributed by atoms with Gasteiger partial charge in [0.15, 0.2) is 0 Å². The maximum atomic E-state index is 5.14. The molecule has 0 saturated heterocycles. The molecule has 1 aromatic carbocycles. The molecule has 2 heteroatoms. The second kappa shape index (κ2) is 4.42. The summed E-state index contributed by atoms with van der Waals surface area (Å²) < 4.78 is 5.14. The zero-order valence-corrected chi connectivity index (χ0v) is 8.26. The van der Waals surface area contributed by atoms with Gasteiger partial charge in [-0.05, 0) is 36.4 Å². The van der Waals surface area contributed by atoms with Gasteiger partial charge in [-0.2, -0.15) is 0 Å². The van der Waals surface area contributed by atoms with Gasteiger partial charge in [-0.3, -0.25) is 4.98 Å². The van der Waals surface area contributed by atoms with Crippen molar-refractivity contribution in [2.45, 2.75) is 0 Å². The summed E-state index contributed by atoms with van der Waals surface area (Å²) in [5.74, 6) is 0.782. The van der Waals surface area contributed by atoms with Crippen LogP contribution in [-0.4, -0.2) is 4.98 Å². The monoisotopic (exact) mass is 197 g/mol. The summed E-state index contributed by atoms with van der Waals surface area (Å²) >= 11 is 0. The van der Waals surface area contributed by atoms with Crippen LogP contribution >= 0.6 is 0 Å². The zero-order valence-electron chi connectivity index (χ0n) is 8.26. The molecule has 0 aliphatic rings. The van der Waals surface area contributed by atoms with Gasteiger partial charge in [0.2, 0.25) is 0 Å². The highest BCUT2D eigenvalue weighted by atomic mass is 16.5. The molecule has 2 aromatic rings. The molecule has 0 N–H and O–H groups in total. The summed E-state index contributed by atoms with van der Waals surface area (Å²) in [5.41, 5.74) is 2.04. The lowest BCUT2D eigenvalue weighted by molar-refractivity contribution is 0.483. The Kier molecular flexibility index (Phi) is 2.79. The highest BCUT2D eigenvalue weighted by Crippen LogP contribution is 2.20. The van der Waals surface area contributed by atoms with Crippen LogP contribution in [0.3, 0.4) is 0 Å². The fourth-order valence-corrected chi connectivity index (χ4v) is 1.33. The van der Waals surface area contributed by atoms with Gasteiger partial charge >= 0.3 is 0 Å². The van der Waals surface area contributed by atoms with E-state index in [1.54, 1.807) is 6.20 Å². The van der Waals surface area contributed by atoms with Crippen molar-refractivity contribution in [2.75, 3.05) is 0 Å². The minimum atomic E-state index is 0.782. The molecule has 0 spiro atoms. The lowest BCUT2D eigenvalue weighted by Crippen LogP contribution is -1.83. The van der Waals surface area contributed by atoms with E-state index in [0.717, 1.165) is 17.0 Å². The summed E-state index contributed by atoms with van der Waals surface area (Å²) in [5, 5.41) is 0. The minimum absolute atomic E-state index is 0.782. The van der Waals surface area contributed by atoms with Gasteiger partial charge in [0.05, 0.1) is 12.0 Å². The number of hydrogen-bond donors (Lipinski definition) is 0. The summed E-state index contributed by atoms with van der Waals surface area (Å²) in [4.78, 5) is 4.26. The quantitative estimate of drug-likeness (QED) is 0.704. The molecular weight excluding hydrogens is 186 g/mol. The van der Waals surface area contributed by atoms with Crippen LogP contribution in [0.4, 0.5) is 0 Å². The van der Waals surface area contributed by atoms with Gasteiger partial charge in [-0.1, -0.05) is 12.6 Å². The van der Waals surface area contributed by atoms with Crippen molar-refractivity contribution in [3.05, 3.63) is 61.5 Å². The first-order valence-electron chi connectivity index (χ1n) is 4.69. The third kappa shape index (κ3) is 2.23. The Hall–Kier alpha value is -2.09. The predicted octanol–water partition coefficient (Wildman–Crippen LogP) is 3.27. The Morgan fingerprint density at radius 2 is 1.87 bits per heavy atom. The van der Waals surface area contributed by atoms with E-state index < -0.39 is 0 Å². The van der Waals surface area contributed by atoms with Crippen LogP contribution in [0.5, 0.6) is 5.75 Å².